The molecule has 0 saturated carbocycles. The number of aryl methyl sites for hydroxylation is 2. The Hall–Kier alpha value is -3.47. The molecule has 128 valence electrons. The van der Waals surface area contributed by atoms with Crippen molar-refractivity contribution in [2.75, 3.05) is 0 Å². The summed E-state index contributed by atoms with van der Waals surface area (Å²) in [5.74, 6) is 0.920. The number of nitro groups is 1. The number of imidazole rings is 1. The van der Waals surface area contributed by atoms with Gasteiger partial charge >= 0.3 is 0 Å². The normalized spacial score (nSPS) is 10.9. The molecule has 0 amide bonds. The summed E-state index contributed by atoms with van der Waals surface area (Å²) in [6.07, 6.45) is 1.54. The largest absolute Gasteiger partial charge is 0.342 e. The molecule has 0 aliphatic heterocycles. The zero-order chi connectivity index (χ0) is 17.9. The second-order valence-electron chi connectivity index (χ2n) is 6.21. The number of fused-ring (bicyclic) bond motifs is 1. The van der Waals surface area contributed by atoms with Crippen molar-refractivity contribution >= 4 is 16.7 Å². The molecule has 4 rings (SSSR count). The summed E-state index contributed by atoms with van der Waals surface area (Å²) < 4.78 is 0. The van der Waals surface area contributed by atoms with Gasteiger partial charge in [-0.2, -0.15) is 0 Å². The number of nitro benzene ring substituents is 1. The number of non-ortho nitro benzene ring substituents is 1. The Kier molecular flexibility index (Phi) is 4.19. The third kappa shape index (κ3) is 3.32. The monoisotopic (exact) mass is 343 g/mol. The standard InChI is InChI=1S/C21H17N3O2/c25-24(26)18-10-6-15(7-11-18)8-13-21-22-19-12-9-17(14-20(19)23-21)16-4-2-1-3-5-16/h1-7,9-12,14H,8,13H2,(H,22,23). The van der Waals surface area contributed by atoms with Gasteiger partial charge in [-0.05, 0) is 35.2 Å². The molecule has 1 heterocycles. The Morgan fingerprint density at radius 1 is 0.885 bits per heavy atom. The van der Waals surface area contributed by atoms with Gasteiger partial charge in [0.05, 0.1) is 16.0 Å². The van der Waals surface area contributed by atoms with Crippen molar-refractivity contribution in [3.8, 4) is 11.1 Å². The zero-order valence-corrected chi connectivity index (χ0v) is 14.1. The van der Waals surface area contributed by atoms with Gasteiger partial charge in [0, 0.05) is 18.6 Å². The van der Waals surface area contributed by atoms with E-state index in [1.807, 2.05) is 24.3 Å². The molecule has 0 atom stereocenters. The van der Waals surface area contributed by atoms with E-state index in [1.54, 1.807) is 24.3 Å². The lowest BCUT2D eigenvalue weighted by atomic mass is 10.1. The first kappa shape index (κ1) is 16.0. The number of nitrogens with zero attached hydrogens (tertiary/aromatic N) is 2. The molecular weight excluding hydrogens is 326 g/mol. The summed E-state index contributed by atoms with van der Waals surface area (Å²) in [7, 11) is 0. The Bertz CT molecular complexity index is 1050. The highest BCUT2D eigenvalue weighted by Gasteiger charge is 2.07. The van der Waals surface area contributed by atoms with Gasteiger partial charge < -0.3 is 4.98 Å². The van der Waals surface area contributed by atoms with E-state index in [2.05, 4.69) is 34.2 Å². The molecule has 0 radical (unpaired) electrons. The number of nitrogens with one attached hydrogen (secondary N) is 1. The molecular formula is C21H17N3O2. The van der Waals surface area contributed by atoms with Crippen LogP contribution in [0, 0.1) is 10.1 Å². The number of rotatable bonds is 5. The molecule has 0 unspecified atom stereocenters. The molecule has 1 N–H and O–H groups in total. The lowest BCUT2D eigenvalue weighted by molar-refractivity contribution is -0.384. The lowest BCUT2D eigenvalue weighted by Gasteiger charge is -2.00. The van der Waals surface area contributed by atoms with E-state index < -0.39 is 0 Å². The van der Waals surface area contributed by atoms with E-state index in [0.29, 0.717) is 0 Å². The minimum absolute atomic E-state index is 0.117. The fourth-order valence-corrected chi connectivity index (χ4v) is 3.04. The predicted octanol–water partition coefficient (Wildman–Crippen LogP) is 4.92. The summed E-state index contributed by atoms with van der Waals surface area (Å²) in [6, 6.07) is 23.2. The first-order valence-corrected chi connectivity index (χ1v) is 8.46. The maximum absolute atomic E-state index is 10.7. The van der Waals surface area contributed by atoms with Crippen molar-refractivity contribution in [1.29, 1.82) is 0 Å². The molecule has 4 aromatic rings. The van der Waals surface area contributed by atoms with Crippen LogP contribution in [-0.2, 0) is 12.8 Å². The molecule has 5 nitrogen and oxygen atoms in total. The van der Waals surface area contributed by atoms with Crippen molar-refractivity contribution < 1.29 is 4.92 Å². The molecule has 0 spiro atoms. The van der Waals surface area contributed by atoms with Gasteiger partial charge in [0.2, 0.25) is 0 Å². The van der Waals surface area contributed by atoms with E-state index in [-0.39, 0.29) is 10.6 Å². The van der Waals surface area contributed by atoms with E-state index in [1.165, 1.54) is 5.56 Å². The third-order valence-electron chi connectivity index (χ3n) is 4.44. The highest BCUT2D eigenvalue weighted by molar-refractivity contribution is 5.82. The second-order valence-corrected chi connectivity index (χ2v) is 6.21. The summed E-state index contributed by atoms with van der Waals surface area (Å²) in [5, 5.41) is 10.7. The lowest BCUT2D eigenvalue weighted by Crippen LogP contribution is -1.94. The van der Waals surface area contributed by atoms with Gasteiger partial charge in [0.25, 0.3) is 5.69 Å². The van der Waals surface area contributed by atoms with Gasteiger partial charge in [-0.15, -0.1) is 0 Å². The van der Waals surface area contributed by atoms with Crippen LogP contribution in [0.25, 0.3) is 22.2 Å². The number of aromatic amines is 1. The number of aromatic nitrogens is 2. The number of hydrogen-bond donors (Lipinski definition) is 1. The van der Waals surface area contributed by atoms with Crippen LogP contribution in [0.5, 0.6) is 0 Å². The van der Waals surface area contributed by atoms with Crippen LogP contribution in [-0.4, -0.2) is 14.9 Å². The average Bonchev–Trinajstić information content (AvgIpc) is 3.09. The van der Waals surface area contributed by atoms with Gasteiger partial charge in [-0.3, -0.25) is 10.1 Å². The molecule has 0 saturated heterocycles. The summed E-state index contributed by atoms with van der Waals surface area (Å²) in [4.78, 5) is 18.4. The second kappa shape index (κ2) is 6.80. The van der Waals surface area contributed by atoms with E-state index in [4.69, 9.17) is 0 Å². The minimum atomic E-state index is -0.382. The van der Waals surface area contributed by atoms with Crippen LogP contribution in [0.3, 0.4) is 0 Å². The Morgan fingerprint density at radius 3 is 2.38 bits per heavy atom. The van der Waals surface area contributed by atoms with Crippen LogP contribution < -0.4 is 0 Å². The van der Waals surface area contributed by atoms with Crippen LogP contribution >= 0.6 is 0 Å². The fourth-order valence-electron chi connectivity index (χ4n) is 3.04. The Labute approximate surface area is 150 Å². The molecule has 1 aromatic heterocycles. The Morgan fingerprint density at radius 2 is 1.65 bits per heavy atom. The highest BCUT2D eigenvalue weighted by atomic mass is 16.6. The van der Waals surface area contributed by atoms with E-state index in [0.717, 1.165) is 40.8 Å². The van der Waals surface area contributed by atoms with Gasteiger partial charge in [0.1, 0.15) is 5.82 Å². The van der Waals surface area contributed by atoms with Crippen molar-refractivity contribution in [3.05, 3.63) is 94.3 Å². The van der Waals surface area contributed by atoms with E-state index in [9.17, 15) is 10.1 Å². The van der Waals surface area contributed by atoms with Crippen molar-refractivity contribution in [2.45, 2.75) is 12.8 Å². The average molecular weight is 343 g/mol. The SMILES string of the molecule is O=[N+]([O-])c1ccc(CCc2nc3ccc(-c4ccccc4)cc3[nH]2)cc1. The maximum Gasteiger partial charge on any atom is 0.269 e. The van der Waals surface area contributed by atoms with Crippen molar-refractivity contribution in [3.63, 3.8) is 0 Å². The molecule has 0 bridgehead atoms. The van der Waals surface area contributed by atoms with Crippen molar-refractivity contribution in [1.82, 2.24) is 9.97 Å². The van der Waals surface area contributed by atoms with Crippen LogP contribution in [0.15, 0.2) is 72.8 Å². The van der Waals surface area contributed by atoms with Crippen molar-refractivity contribution in [2.24, 2.45) is 0 Å². The number of H-pyrrole nitrogens is 1. The quantitative estimate of drug-likeness (QED) is 0.413. The first-order chi connectivity index (χ1) is 12.7. The van der Waals surface area contributed by atoms with Gasteiger partial charge in [-0.1, -0.05) is 48.5 Å². The summed E-state index contributed by atoms with van der Waals surface area (Å²) in [5.41, 5.74) is 5.47. The maximum atomic E-state index is 10.7. The molecule has 3 aromatic carbocycles. The molecule has 0 fully saturated rings. The predicted molar refractivity (Wildman–Crippen MR) is 102 cm³/mol. The number of benzene rings is 3. The highest BCUT2D eigenvalue weighted by Crippen LogP contribution is 2.23. The Balaban J connectivity index is 1.51. The number of hydrogen-bond acceptors (Lipinski definition) is 3. The molecule has 5 heteroatoms. The zero-order valence-electron chi connectivity index (χ0n) is 14.1. The molecule has 0 aliphatic carbocycles. The molecule has 0 aliphatic rings. The van der Waals surface area contributed by atoms with Gasteiger partial charge in [0.15, 0.2) is 0 Å². The minimum Gasteiger partial charge on any atom is -0.342 e. The van der Waals surface area contributed by atoms with Crippen LogP contribution in [0.4, 0.5) is 5.69 Å². The molecule has 26 heavy (non-hydrogen) atoms. The topological polar surface area (TPSA) is 71.8 Å². The summed E-state index contributed by atoms with van der Waals surface area (Å²) in [6.45, 7) is 0. The van der Waals surface area contributed by atoms with Gasteiger partial charge in [-0.25, -0.2) is 4.98 Å². The van der Waals surface area contributed by atoms with E-state index >= 15 is 0 Å². The smallest absolute Gasteiger partial charge is 0.269 e. The first-order valence-electron chi connectivity index (χ1n) is 8.46. The fraction of sp³-hybridized carbons (Fsp3) is 0.0952. The van der Waals surface area contributed by atoms with Crippen LogP contribution in [0.2, 0.25) is 0 Å². The summed E-state index contributed by atoms with van der Waals surface area (Å²) >= 11 is 0. The van der Waals surface area contributed by atoms with Crippen LogP contribution in [0.1, 0.15) is 11.4 Å². The third-order valence-corrected chi connectivity index (χ3v) is 4.44.